The van der Waals surface area contributed by atoms with Crippen LogP contribution in [0, 0.1) is 5.82 Å². The third kappa shape index (κ3) is 4.26. The van der Waals surface area contributed by atoms with Gasteiger partial charge in [-0.05, 0) is 48.7 Å². The highest BCUT2D eigenvalue weighted by Crippen LogP contribution is 2.14. The Bertz CT molecular complexity index is 601. The third-order valence-corrected chi connectivity index (χ3v) is 3.67. The van der Waals surface area contributed by atoms with Gasteiger partial charge >= 0.3 is 0 Å². The van der Waals surface area contributed by atoms with E-state index in [1.165, 1.54) is 11.6 Å². The standard InChI is InChI=1S/C15H18FN3OS/c1-3-17-14-13(7-12(16)8-18-14)15(20)19-10(2)6-11-4-5-21-9-11/h4-5,7-10H,3,6H2,1-2H3,(H,17,18)(H,19,20). The van der Waals surface area contributed by atoms with Gasteiger partial charge in [-0.2, -0.15) is 11.3 Å². The fraction of sp³-hybridized carbons (Fsp3) is 0.333. The summed E-state index contributed by atoms with van der Waals surface area (Å²) in [5.41, 5.74) is 1.41. The summed E-state index contributed by atoms with van der Waals surface area (Å²) in [6.07, 6.45) is 1.85. The Morgan fingerprint density at radius 3 is 3.00 bits per heavy atom. The van der Waals surface area contributed by atoms with Crippen molar-refractivity contribution in [2.24, 2.45) is 0 Å². The van der Waals surface area contributed by atoms with Crippen LogP contribution in [0.4, 0.5) is 10.2 Å². The minimum atomic E-state index is -0.521. The zero-order valence-corrected chi connectivity index (χ0v) is 12.8. The second-order valence-corrected chi connectivity index (χ2v) is 5.57. The third-order valence-electron chi connectivity index (χ3n) is 2.94. The van der Waals surface area contributed by atoms with Crippen molar-refractivity contribution in [2.75, 3.05) is 11.9 Å². The van der Waals surface area contributed by atoms with E-state index in [1.807, 2.05) is 25.3 Å². The van der Waals surface area contributed by atoms with Gasteiger partial charge in [-0.1, -0.05) is 0 Å². The number of amides is 1. The minimum absolute atomic E-state index is 0.0372. The smallest absolute Gasteiger partial charge is 0.255 e. The second-order valence-electron chi connectivity index (χ2n) is 4.79. The number of thiophene rings is 1. The molecule has 0 aliphatic heterocycles. The predicted molar refractivity (Wildman–Crippen MR) is 83.3 cm³/mol. The summed E-state index contributed by atoms with van der Waals surface area (Å²) in [4.78, 5) is 16.2. The largest absolute Gasteiger partial charge is 0.370 e. The molecule has 2 N–H and O–H groups in total. The normalized spacial score (nSPS) is 12.0. The summed E-state index contributed by atoms with van der Waals surface area (Å²) in [6, 6.07) is 3.20. The quantitative estimate of drug-likeness (QED) is 0.862. The lowest BCUT2D eigenvalue weighted by Gasteiger charge is -2.15. The van der Waals surface area contributed by atoms with E-state index in [0.29, 0.717) is 12.4 Å². The van der Waals surface area contributed by atoms with Gasteiger partial charge in [0.25, 0.3) is 5.91 Å². The summed E-state index contributed by atoms with van der Waals surface area (Å²) in [7, 11) is 0. The highest BCUT2D eigenvalue weighted by atomic mass is 32.1. The van der Waals surface area contributed by atoms with Crippen molar-refractivity contribution < 1.29 is 9.18 Å². The Morgan fingerprint density at radius 2 is 2.33 bits per heavy atom. The van der Waals surface area contributed by atoms with Gasteiger partial charge in [0.05, 0.1) is 11.8 Å². The number of nitrogens with one attached hydrogen (secondary N) is 2. The first-order valence-electron chi connectivity index (χ1n) is 6.81. The molecule has 2 heterocycles. The zero-order chi connectivity index (χ0) is 15.2. The van der Waals surface area contributed by atoms with Crippen LogP contribution in [0.15, 0.2) is 29.1 Å². The van der Waals surface area contributed by atoms with Crippen molar-refractivity contribution in [1.82, 2.24) is 10.3 Å². The van der Waals surface area contributed by atoms with E-state index in [0.717, 1.165) is 12.6 Å². The van der Waals surface area contributed by atoms with Crippen molar-refractivity contribution >= 4 is 23.1 Å². The van der Waals surface area contributed by atoms with E-state index in [2.05, 4.69) is 21.0 Å². The molecule has 2 aromatic heterocycles. The van der Waals surface area contributed by atoms with Crippen LogP contribution in [0.25, 0.3) is 0 Å². The van der Waals surface area contributed by atoms with Crippen LogP contribution in [0.5, 0.6) is 0 Å². The molecule has 1 atom stereocenters. The SMILES string of the molecule is CCNc1ncc(F)cc1C(=O)NC(C)Cc1ccsc1. The molecular formula is C15H18FN3OS. The van der Waals surface area contributed by atoms with Gasteiger partial charge < -0.3 is 10.6 Å². The van der Waals surface area contributed by atoms with E-state index < -0.39 is 5.82 Å². The Hall–Kier alpha value is -1.95. The Labute approximate surface area is 127 Å². The van der Waals surface area contributed by atoms with Crippen LogP contribution in [0.2, 0.25) is 0 Å². The highest BCUT2D eigenvalue weighted by molar-refractivity contribution is 7.07. The first kappa shape index (κ1) is 15.4. The van der Waals surface area contributed by atoms with Gasteiger partial charge in [-0.15, -0.1) is 0 Å². The number of anilines is 1. The molecular weight excluding hydrogens is 289 g/mol. The maximum atomic E-state index is 13.3. The van der Waals surface area contributed by atoms with Gasteiger partial charge in [-0.25, -0.2) is 9.37 Å². The summed E-state index contributed by atoms with van der Waals surface area (Å²) in [5.74, 6) is -0.438. The predicted octanol–water partition coefficient (Wildman–Crippen LogP) is 3.08. The van der Waals surface area contributed by atoms with Crippen molar-refractivity contribution in [3.8, 4) is 0 Å². The van der Waals surface area contributed by atoms with Crippen molar-refractivity contribution in [1.29, 1.82) is 0 Å². The topological polar surface area (TPSA) is 54.0 Å². The van der Waals surface area contributed by atoms with Gasteiger partial charge in [0.1, 0.15) is 11.6 Å². The lowest BCUT2D eigenvalue weighted by molar-refractivity contribution is 0.0940. The summed E-state index contributed by atoms with van der Waals surface area (Å²) in [5, 5.41) is 9.90. The average molecular weight is 307 g/mol. The first-order valence-corrected chi connectivity index (χ1v) is 7.75. The molecule has 2 aromatic rings. The molecule has 1 amide bonds. The summed E-state index contributed by atoms with van der Waals surface area (Å²) >= 11 is 1.63. The molecule has 0 aromatic carbocycles. The molecule has 0 fully saturated rings. The monoisotopic (exact) mass is 307 g/mol. The maximum Gasteiger partial charge on any atom is 0.255 e. The molecule has 0 spiro atoms. The average Bonchev–Trinajstić information content (AvgIpc) is 2.93. The van der Waals surface area contributed by atoms with E-state index in [4.69, 9.17) is 0 Å². The first-order chi connectivity index (χ1) is 10.1. The Kier molecular flexibility index (Phi) is 5.27. The highest BCUT2D eigenvalue weighted by Gasteiger charge is 2.16. The van der Waals surface area contributed by atoms with Gasteiger partial charge in [0.2, 0.25) is 0 Å². The number of rotatable bonds is 6. The molecule has 6 heteroatoms. The molecule has 112 valence electrons. The molecule has 0 bridgehead atoms. The molecule has 1 unspecified atom stereocenters. The molecule has 0 radical (unpaired) electrons. The van der Waals surface area contributed by atoms with Gasteiger partial charge in [0.15, 0.2) is 0 Å². The maximum absolute atomic E-state index is 13.3. The van der Waals surface area contributed by atoms with Crippen LogP contribution in [0.3, 0.4) is 0 Å². The molecule has 21 heavy (non-hydrogen) atoms. The summed E-state index contributed by atoms with van der Waals surface area (Å²) in [6.45, 7) is 4.44. The van der Waals surface area contributed by atoms with Crippen molar-refractivity contribution in [2.45, 2.75) is 26.3 Å². The minimum Gasteiger partial charge on any atom is -0.370 e. The number of hydrogen-bond acceptors (Lipinski definition) is 4. The molecule has 0 saturated carbocycles. The zero-order valence-electron chi connectivity index (χ0n) is 12.0. The number of carbonyl (C=O) groups excluding carboxylic acids is 1. The van der Waals surface area contributed by atoms with Gasteiger partial charge in [0, 0.05) is 12.6 Å². The van der Waals surface area contributed by atoms with Crippen LogP contribution < -0.4 is 10.6 Å². The number of carbonyl (C=O) groups is 1. The molecule has 0 saturated heterocycles. The molecule has 2 rings (SSSR count). The molecule has 0 aliphatic rings. The fourth-order valence-electron chi connectivity index (χ4n) is 2.04. The number of nitrogens with zero attached hydrogens (tertiary/aromatic N) is 1. The lowest BCUT2D eigenvalue weighted by atomic mass is 10.1. The number of halogens is 1. The Balaban J connectivity index is 2.07. The second kappa shape index (κ2) is 7.17. The molecule has 0 aliphatic carbocycles. The number of aromatic nitrogens is 1. The van der Waals surface area contributed by atoms with E-state index in [-0.39, 0.29) is 17.5 Å². The summed E-state index contributed by atoms with van der Waals surface area (Å²) < 4.78 is 13.3. The Morgan fingerprint density at radius 1 is 1.52 bits per heavy atom. The van der Waals surface area contributed by atoms with E-state index >= 15 is 0 Å². The molecule has 4 nitrogen and oxygen atoms in total. The van der Waals surface area contributed by atoms with Crippen LogP contribution in [-0.4, -0.2) is 23.5 Å². The van der Waals surface area contributed by atoms with Crippen LogP contribution >= 0.6 is 11.3 Å². The van der Waals surface area contributed by atoms with Crippen LogP contribution in [0.1, 0.15) is 29.8 Å². The fourth-order valence-corrected chi connectivity index (χ4v) is 2.72. The lowest BCUT2D eigenvalue weighted by Crippen LogP contribution is -2.34. The van der Waals surface area contributed by atoms with Crippen molar-refractivity contribution in [3.05, 3.63) is 46.0 Å². The van der Waals surface area contributed by atoms with Crippen LogP contribution in [-0.2, 0) is 6.42 Å². The van der Waals surface area contributed by atoms with E-state index in [9.17, 15) is 9.18 Å². The number of pyridine rings is 1. The van der Waals surface area contributed by atoms with Crippen molar-refractivity contribution in [3.63, 3.8) is 0 Å². The van der Waals surface area contributed by atoms with Gasteiger partial charge in [-0.3, -0.25) is 4.79 Å². The van der Waals surface area contributed by atoms with E-state index in [1.54, 1.807) is 11.3 Å². The number of hydrogen-bond donors (Lipinski definition) is 2.